The Kier molecular flexibility index (Phi) is 8.53. The Hall–Kier alpha value is -3.04. The summed E-state index contributed by atoms with van der Waals surface area (Å²) in [7, 11) is -1.16. The van der Waals surface area contributed by atoms with Crippen LogP contribution in [0.25, 0.3) is 22.5 Å². The monoisotopic (exact) mass is 507 g/mol. The molecule has 0 spiro atoms. The number of nitrogens with zero attached hydrogens (tertiary/aromatic N) is 5. The molecule has 1 aromatic carbocycles. The Labute approximate surface area is 214 Å². The van der Waals surface area contributed by atoms with Crippen molar-refractivity contribution in [2.24, 2.45) is 5.92 Å². The maximum atomic E-state index is 12.1. The predicted octanol–water partition coefficient (Wildman–Crippen LogP) is 6.38. The van der Waals surface area contributed by atoms with Crippen molar-refractivity contribution >= 4 is 19.9 Å². The van der Waals surface area contributed by atoms with Gasteiger partial charge in [-0.05, 0) is 48.6 Å². The lowest BCUT2D eigenvalue weighted by atomic mass is 9.89. The second-order valence-corrected chi connectivity index (χ2v) is 16.5. The summed E-state index contributed by atoms with van der Waals surface area (Å²) < 4.78 is 7.62. The van der Waals surface area contributed by atoms with Crippen LogP contribution in [0.2, 0.25) is 25.7 Å². The molecular weight excluding hydrogens is 470 g/mol. The third-order valence-corrected chi connectivity index (χ3v) is 8.41. The molecule has 3 aromatic rings. The molecule has 0 radical (unpaired) electrons. The van der Waals surface area contributed by atoms with Crippen LogP contribution in [-0.4, -0.2) is 52.2 Å². The van der Waals surface area contributed by atoms with Gasteiger partial charge in [0.05, 0.1) is 0 Å². The Morgan fingerprint density at radius 2 is 1.89 bits per heavy atom. The lowest BCUT2D eigenvalue weighted by molar-refractivity contribution is 0.0796. The molecule has 36 heavy (non-hydrogen) atoms. The van der Waals surface area contributed by atoms with Gasteiger partial charge in [-0.3, -0.25) is 9.88 Å². The Bertz CT molecular complexity index is 1150. The van der Waals surface area contributed by atoms with Crippen LogP contribution in [0, 0.1) is 5.92 Å². The largest absolute Gasteiger partial charge is 0.465 e. The van der Waals surface area contributed by atoms with E-state index in [0.717, 1.165) is 35.6 Å². The zero-order chi connectivity index (χ0) is 25.5. The topological polar surface area (TPSA) is 93.4 Å². The quantitative estimate of drug-likeness (QED) is 0.253. The summed E-state index contributed by atoms with van der Waals surface area (Å²) in [5, 5.41) is 14.3. The highest BCUT2D eigenvalue weighted by Crippen LogP contribution is 2.30. The molecule has 0 atom stereocenters. The Balaban J connectivity index is 1.51. The molecule has 0 aliphatic heterocycles. The summed E-state index contributed by atoms with van der Waals surface area (Å²) in [6.45, 7) is 8.58. The Morgan fingerprint density at radius 3 is 2.64 bits per heavy atom. The molecule has 1 aliphatic carbocycles. The van der Waals surface area contributed by atoms with Crippen molar-refractivity contribution in [2.45, 2.75) is 64.5 Å². The lowest BCUT2D eigenvalue weighted by Gasteiger charge is -2.28. The van der Waals surface area contributed by atoms with E-state index >= 15 is 0 Å². The van der Waals surface area contributed by atoms with Gasteiger partial charge in [0.1, 0.15) is 13.1 Å². The van der Waals surface area contributed by atoms with Crippen LogP contribution in [0.5, 0.6) is 0 Å². The maximum Gasteiger partial charge on any atom is 0.411 e. The minimum Gasteiger partial charge on any atom is -0.465 e. The molecular formula is C27H37N5O3Si. The van der Waals surface area contributed by atoms with Crippen molar-refractivity contribution in [2.75, 3.05) is 18.1 Å². The molecule has 1 saturated carbocycles. The smallest absolute Gasteiger partial charge is 0.411 e. The minimum atomic E-state index is -1.16. The van der Waals surface area contributed by atoms with Crippen LogP contribution in [0.3, 0.4) is 0 Å². The van der Waals surface area contributed by atoms with E-state index in [2.05, 4.69) is 34.7 Å². The van der Waals surface area contributed by atoms with E-state index in [1.165, 1.54) is 30.5 Å². The number of pyridine rings is 1. The minimum absolute atomic E-state index is 0.342. The fraction of sp³-hybridized carbons (Fsp3) is 0.481. The average molecular weight is 508 g/mol. The fourth-order valence-corrected chi connectivity index (χ4v) is 5.36. The highest BCUT2D eigenvalue weighted by molar-refractivity contribution is 6.76. The number of hydrogen-bond acceptors (Lipinski definition) is 5. The van der Waals surface area contributed by atoms with Crippen molar-refractivity contribution in [3.8, 4) is 22.5 Å². The van der Waals surface area contributed by atoms with Gasteiger partial charge in [0.2, 0.25) is 0 Å². The van der Waals surface area contributed by atoms with E-state index in [1.54, 1.807) is 17.1 Å². The molecule has 192 valence electrons. The third kappa shape index (κ3) is 7.01. The van der Waals surface area contributed by atoms with Gasteiger partial charge >= 0.3 is 6.09 Å². The molecule has 1 amide bonds. The van der Waals surface area contributed by atoms with Crippen molar-refractivity contribution in [3.63, 3.8) is 0 Å². The molecule has 8 nitrogen and oxygen atoms in total. The first-order valence-corrected chi connectivity index (χ1v) is 16.5. The number of carbonyl (C=O) groups is 1. The first-order chi connectivity index (χ1) is 17.3. The standard InChI is InChI=1S/C27H37N5O3Si/c1-36(2,3)13-12-35-20-32-26(29-19-30-32)24-14-23(16-28-17-24)22-10-7-11-25(15-22)31(27(33)34)18-21-8-5-4-6-9-21/h7,10-11,14-17,19,21H,4-6,8-9,12-13,18,20H2,1-3H3,(H,33,34). The predicted molar refractivity (Wildman–Crippen MR) is 145 cm³/mol. The van der Waals surface area contributed by atoms with Crippen LogP contribution in [0.4, 0.5) is 10.5 Å². The van der Waals surface area contributed by atoms with Gasteiger partial charge in [-0.2, -0.15) is 5.10 Å². The van der Waals surface area contributed by atoms with Crippen LogP contribution in [0.15, 0.2) is 49.1 Å². The summed E-state index contributed by atoms with van der Waals surface area (Å²) in [6.07, 6.45) is 9.99. The van der Waals surface area contributed by atoms with E-state index < -0.39 is 14.2 Å². The van der Waals surface area contributed by atoms with Crippen molar-refractivity contribution in [1.29, 1.82) is 0 Å². The summed E-state index contributed by atoms with van der Waals surface area (Å²) in [6, 6.07) is 10.8. The number of rotatable bonds is 10. The fourth-order valence-electron chi connectivity index (χ4n) is 4.61. The molecule has 1 fully saturated rings. The number of anilines is 1. The number of carboxylic acid groups (broad SMARTS) is 1. The van der Waals surface area contributed by atoms with Crippen LogP contribution in [-0.2, 0) is 11.5 Å². The number of ether oxygens (including phenoxy) is 1. The number of amides is 1. The van der Waals surface area contributed by atoms with Crippen molar-refractivity contribution in [3.05, 3.63) is 49.1 Å². The van der Waals surface area contributed by atoms with Gasteiger partial charge in [-0.15, -0.1) is 0 Å². The SMILES string of the molecule is C[Si](C)(C)CCOCn1ncnc1-c1cncc(-c2cccc(N(CC3CCCCC3)C(=O)O)c2)c1. The first-order valence-electron chi connectivity index (χ1n) is 12.8. The highest BCUT2D eigenvalue weighted by atomic mass is 28.3. The Morgan fingerprint density at radius 1 is 1.11 bits per heavy atom. The van der Waals surface area contributed by atoms with Crippen molar-refractivity contribution < 1.29 is 14.6 Å². The summed E-state index contributed by atoms with van der Waals surface area (Å²) in [5.74, 6) is 1.11. The molecule has 0 unspecified atom stereocenters. The average Bonchev–Trinajstić information content (AvgIpc) is 3.34. The summed E-state index contributed by atoms with van der Waals surface area (Å²) in [5.41, 5.74) is 3.33. The molecule has 0 bridgehead atoms. The molecule has 1 aliphatic rings. The van der Waals surface area contributed by atoms with Gasteiger partial charge < -0.3 is 9.84 Å². The van der Waals surface area contributed by atoms with Crippen LogP contribution < -0.4 is 4.90 Å². The summed E-state index contributed by atoms with van der Waals surface area (Å²) >= 11 is 0. The van der Waals surface area contributed by atoms with Crippen molar-refractivity contribution in [1.82, 2.24) is 19.7 Å². The van der Waals surface area contributed by atoms with E-state index in [9.17, 15) is 9.90 Å². The number of hydrogen-bond donors (Lipinski definition) is 1. The van der Waals surface area contributed by atoms with E-state index in [0.29, 0.717) is 37.3 Å². The van der Waals surface area contributed by atoms with Gasteiger partial charge in [0.15, 0.2) is 5.82 Å². The van der Waals surface area contributed by atoms with Gasteiger partial charge in [0, 0.05) is 50.4 Å². The highest BCUT2D eigenvalue weighted by Gasteiger charge is 2.22. The summed E-state index contributed by atoms with van der Waals surface area (Å²) in [4.78, 5) is 22.5. The van der Waals surface area contributed by atoms with E-state index in [1.807, 2.05) is 30.3 Å². The normalized spacial score (nSPS) is 14.6. The van der Waals surface area contributed by atoms with Gasteiger partial charge in [0.25, 0.3) is 0 Å². The molecule has 1 N–H and O–H groups in total. The first kappa shape index (κ1) is 26.0. The van der Waals surface area contributed by atoms with Crippen LogP contribution in [0.1, 0.15) is 32.1 Å². The zero-order valence-corrected chi connectivity index (χ0v) is 22.6. The molecule has 0 saturated heterocycles. The number of aromatic nitrogens is 4. The van der Waals surface area contributed by atoms with E-state index in [4.69, 9.17) is 4.74 Å². The number of benzene rings is 1. The molecule has 2 aromatic heterocycles. The zero-order valence-electron chi connectivity index (χ0n) is 21.6. The van der Waals surface area contributed by atoms with Gasteiger partial charge in [-0.1, -0.05) is 51.0 Å². The second-order valence-electron chi connectivity index (χ2n) is 10.8. The van der Waals surface area contributed by atoms with Gasteiger partial charge in [-0.25, -0.2) is 14.5 Å². The lowest BCUT2D eigenvalue weighted by Crippen LogP contribution is -2.35. The third-order valence-electron chi connectivity index (χ3n) is 6.71. The molecule has 2 heterocycles. The van der Waals surface area contributed by atoms with Crippen LogP contribution >= 0.6 is 0 Å². The molecule has 9 heteroatoms. The van der Waals surface area contributed by atoms with E-state index in [-0.39, 0.29) is 0 Å². The second kappa shape index (κ2) is 11.8. The molecule has 4 rings (SSSR count). The maximum absolute atomic E-state index is 12.1.